The topological polar surface area (TPSA) is 87.7 Å². The lowest BCUT2D eigenvalue weighted by Gasteiger charge is -2.10. The summed E-state index contributed by atoms with van der Waals surface area (Å²) < 4.78 is 5.04. The van der Waals surface area contributed by atoms with Gasteiger partial charge in [0, 0.05) is 5.56 Å². The Morgan fingerprint density at radius 2 is 1.91 bits per heavy atom. The summed E-state index contributed by atoms with van der Waals surface area (Å²) in [7, 11) is 1.51. The second kappa shape index (κ2) is 7.31. The molecule has 0 unspecified atom stereocenters. The minimum atomic E-state index is -0.440. The molecule has 0 spiro atoms. The summed E-state index contributed by atoms with van der Waals surface area (Å²) in [5, 5.41) is 9.45. The maximum atomic E-state index is 12.0. The zero-order valence-corrected chi connectivity index (χ0v) is 12.9. The van der Waals surface area contributed by atoms with Gasteiger partial charge in [0.15, 0.2) is 0 Å². The largest absolute Gasteiger partial charge is 0.508 e. The van der Waals surface area contributed by atoms with Crippen LogP contribution in [0.5, 0.6) is 11.5 Å². The zero-order chi connectivity index (χ0) is 16.8. The van der Waals surface area contributed by atoms with Crippen LogP contribution in [0.25, 0.3) is 0 Å². The molecule has 0 atom stereocenters. The molecule has 0 saturated heterocycles. The summed E-state index contributed by atoms with van der Waals surface area (Å²) >= 11 is 0. The quantitative estimate of drug-likeness (QED) is 0.750. The number of hydrazine groups is 1. The van der Waals surface area contributed by atoms with E-state index in [-0.39, 0.29) is 18.1 Å². The first-order chi connectivity index (χ1) is 11.0. The number of hydrogen-bond donors (Lipinski definition) is 3. The van der Waals surface area contributed by atoms with Crippen LogP contribution in [0, 0.1) is 6.92 Å². The molecule has 3 N–H and O–H groups in total. The van der Waals surface area contributed by atoms with Crippen molar-refractivity contribution < 1.29 is 19.4 Å². The van der Waals surface area contributed by atoms with E-state index in [1.807, 2.05) is 6.92 Å². The van der Waals surface area contributed by atoms with Crippen LogP contribution in [0.4, 0.5) is 0 Å². The van der Waals surface area contributed by atoms with Crippen molar-refractivity contribution in [3.8, 4) is 11.5 Å². The summed E-state index contributed by atoms with van der Waals surface area (Å²) in [6, 6.07) is 11.4. The van der Waals surface area contributed by atoms with Gasteiger partial charge < -0.3 is 9.84 Å². The van der Waals surface area contributed by atoms with E-state index in [1.165, 1.54) is 13.2 Å². The molecule has 0 fully saturated rings. The van der Waals surface area contributed by atoms with Crippen molar-refractivity contribution >= 4 is 11.8 Å². The lowest BCUT2D eigenvalue weighted by Crippen LogP contribution is -2.42. The molecule has 120 valence electrons. The highest BCUT2D eigenvalue weighted by Gasteiger charge is 2.10. The number of nitrogens with one attached hydrogen (secondary N) is 2. The van der Waals surface area contributed by atoms with Gasteiger partial charge in [0.05, 0.1) is 13.5 Å². The van der Waals surface area contributed by atoms with Crippen LogP contribution >= 0.6 is 0 Å². The third-order valence-corrected chi connectivity index (χ3v) is 3.33. The van der Waals surface area contributed by atoms with E-state index in [4.69, 9.17) is 4.74 Å². The molecule has 0 bridgehead atoms. The Bertz CT molecular complexity index is 728. The van der Waals surface area contributed by atoms with Crippen molar-refractivity contribution in [1.29, 1.82) is 0 Å². The molecular formula is C17H18N2O4. The van der Waals surface area contributed by atoms with Crippen molar-refractivity contribution in [2.75, 3.05) is 7.11 Å². The Morgan fingerprint density at radius 3 is 2.65 bits per heavy atom. The van der Waals surface area contributed by atoms with Crippen LogP contribution in [-0.4, -0.2) is 24.0 Å². The summed E-state index contributed by atoms with van der Waals surface area (Å²) in [5.41, 5.74) is 6.65. The van der Waals surface area contributed by atoms with Crippen LogP contribution < -0.4 is 15.6 Å². The first kappa shape index (κ1) is 16.4. The second-order valence-electron chi connectivity index (χ2n) is 5.02. The molecule has 0 aliphatic heterocycles. The number of aryl methyl sites for hydroxylation is 1. The van der Waals surface area contributed by atoms with Crippen molar-refractivity contribution in [3.05, 3.63) is 59.2 Å². The SMILES string of the molecule is COc1cccc(C(=O)NNC(=O)Cc2cc(O)ccc2C)c1. The fraction of sp³-hybridized carbons (Fsp3) is 0.176. The number of amides is 2. The van der Waals surface area contributed by atoms with Crippen LogP contribution in [-0.2, 0) is 11.2 Å². The van der Waals surface area contributed by atoms with Crippen LogP contribution in [0.3, 0.4) is 0 Å². The van der Waals surface area contributed by atoms with Gasteiger partial charge in [-0.05, 0) is 48.4 Å². The van der Waals surface area contributed by atoms with Crippen LogP contribution in [0.15, 0.2) is 42.5 Å². The van der Waals surface area contributed by atoms with Gasteiger partial charge in [0.1, 0.15) is 11.5 Å². The van der Waals surface area contributed by atoms with Gasteiger partial charge in [-0.15, -0.1) is 0 Å². The molecule has 2 aromatic carbocycles. The summed E-state index contributed by atoms with van der Waals surface area (Å²) in [6.45, 7) is 1.84. The Morgan fingerprint density at radius 1 is 1.13 bits per heavy atom. The van der Waals surface area contributed by atoms with E-state index >= 15 is 0 Å². The number of aromatic hydroxyl groups is 1. The molecule has 6 nitrogen and oxygen atoms in total. The fourth-order valence-corrected chi connectivity index (χ4v) is 2.03. The van der Waals surface area contributed by atoms with Crippen LogP contribution in [0.2, 0.25) is 0 Å². The highest BCUT2D eigenvalue weighted by atomic mass is 16.5. The number of hydrogen-bond acceptors (Lipinski definition) is 4. The van der Waals surface area contributed by atoms with Gasteiger partial charge in [-0.3, -0.25) is 20.4 Å². The van der Waals surface area contributed by atoms with E-state index in [0.717, 1.165) is 5.56 Å². The lowest BCUT2D eigenvalue weighted by atomic mass is 10.1. The number of ether oxygens (including phenoxy) is 1. The first-order valence-electron chi connectivity index (χ1n) is 7.01. The number of phenolic OH excluding ortho intramolecular Hbond substituents is 1. The molecule has 6 heteroatoms. The molecule has 0 heterocycles. The van der Waals surface area contributed by atoms with Gasteiger partial charge >= 0.3 is 0 Å². The molecule has 0 saturated carbocycles. The molecule has 0 aromatic heterocycles. The highest BCUT2D eigenvalue weighted by Crippen LogP contribution is 2.16. The normalized spacial score (nSPS) is 10.0. The molecule has 2 amide bonds. The third kappa shape index (κ3) is 4.47. The van der Waals surface area contributed by atoms with Crippen molar-refractivity contribution in [1.82, 2.24) is 10.9 Å². The molecule has 0 radical (unpaired) electrons. The van der Waals surface area contributed by atoms with E-state index < -0.39 is 5.91 Å². The number of carbonyl (C=O) groups excluding carboxylic acids is 2. The van der Waals surface area contributed by atoms with Gasteiger partial charge in [0.25, 0.3) is 5.91 Å². The van der Waals surface area contributed by atoms with E-state index in [0.29, 0.717) is 16.9 Å². The zero-order valence-electron chi connectivity index (χ0n) is 12.9. The maximum absolute atomic E-state index is 12.0. The molecule has 2 rings (SSSR count). The van der Waals surface area contributed by atoms with E-state index in [9.17, 15) is 14.7 Å². The predicted octanol–water partition coefficient (Wildman–Crippen LogP) is 1.71. The Kier molecular flexibility index (Phi) is 5.19. The molecule has 23 heavy (non-hydrogen) atoms. The number of carbonyl (C=O) groups is 2. The first-order valence-corrected chi connectivity index (χ1v) is 7.01. The third-order valence-electron chi connectivity index (χ3n) is 3.33. The Labute approximate surface area is 134 Å². The molecule has 2 aromatic rings. The minimum Gasteiger partial charge on any atom is -0.508 e. The predicted molar refractivity (Wildman–Crippen MR) is 85.2 cm³/mol. The smallest absolute Gasteiger partial charge is 0.269 e. The van der Waals surface area contributed by atoms with Crippen LogP contribution in [0.1, 0.15) is 21.5 Å². The standard InChI is InChI=1S/C17H18N2O4/c1-11-6-7-14(20)8-13(11)10-16(21)18-19-17(22)12-4-3-5-15(9-12)23-2/h3-9,20H,10H2,1-2H3,(H,18,21)(H,19,22). The van der Waals surface area contributed by atoms with Gasteiger partial charge in [0.2, 0.25) is 5.91 Å². The van der Waals surface area contributed by atoms with E-state index in [1.54, 1.807) is 36.4 Å². The average Bonchev–Trinajstić information content (AvgIpc) is 2.56. The second-order valence-corrected chi connectivity index (χ2v) is 5.02. The highest BCUT2D eigenvalue weighted by molar-refractivity contribution is 5.95. The Balaban J connectivity index is 1.93. The summed E-state index contributed by atoms with van der Waals surface area (Å²) in [5.74, 6) is -0.169. The monoisotopic (exact) mass is 314 g/mol. The van der Waals surface area contributed by atoms with Gasteiger partial charge in [-0.2, -0.15) is 0 Å². The van der Waals surface area contributed by atoms with E-state index in [2.05, 4.69) is 10.9 Å². The lowest BCUT2D eigenvalue weighted by molar-refractivity contribution is -0.121. The Hall–Kier alpha value is -3.02. The number of methoxy groups -OCH3 is 1. The summed E-state index contributed by atoms with van der Waals surface area (Å²) in [4.78, 5) is 23.9. The van der Waals surface area contributed by atoms with Crippen molar-refractivity contribution in [2.45, 2.75) is 13.3 Å². The number of rotatable bonds is 4. The fourth-order valence-electron chi connectivity index (χ4n) is 2.03. The maximum Gasteiger partial charge on any atom is 0.269 e. The molecule has 0 aliphatic rings. The summed E-state index contributed by atoms with van der Waals surface area (Å²) in [6.07, 6.45) is 0.0542. The van der Waals surface area contributed by atoms with Gasteiger partial charge in [-0.25, -0.2) is 0 Å². The molecular weight excluding hydrogens is 296 g/mol. The number of benzene rings is 2. The van der Waals surface area contributed by atoms with Gasteiger partial charge in [-0.1, -0.05) is 12.1 Å². The molecule has 0 aliphatic carbocycles. The average molecular weight is 314 g/mol. The minimum absolute atomic E-state index is 0.0542. The number of phenols is 1. The van der Waals surface area contributed by atoms with Crippen molar-refractivity contribution in [3.63, 3.8) is 0 Å². The van der Waals surface area contributed by atoms with Crippen molar-refractivity contribution in [2.24, 2.45) is 0 Å².